The van der Waals surface area contributed by atoms with E-state index in [9.17, 15) is 20.1 Å². The minimum absolute atomic E-state index is 0.144. The van der Waals surface area contributed by atoms with Crippen molar-refractivity contribution >= 4 is 16.6 Å². The van der Waals surface area contributed by atoms with E-state index in [4.69, 9.17) is 0 Å². The topological polar surface area (TPSA) is 77.8 Å². The van der Waals surface area contributed by atoms with Crippen molar-refractivity contribution in [2.75, 3.05) is 0 Å². The van der Waals surface area contributed by atoms with Gasteiger partial charge in [-0.3, -0.25) is 4.79 Å². The van der Waals surface area contributed by atoms with E-state index in [1.54, 1.807) is 36.4 Å². The van der Waals surface area contributed by atoms with Crippen molar-refractivity contribution in [2.45, 2.75) is 12.2 Å². The fourth-order valence-corrected chi connectivity index (χ4v) is 3.25. The van der Waals surface area contributed by atoms with E-state index in [1.165, 1.54) is 0 Å². The molecule has 0 spiro atoms. The minimum atomic E-state index is -1.47. The Kier molecular flexibility index (Phi) is 2.98. The molecule has 23 heavy (non-hydrogen) atoms. The minimum Gasteiger partial charge on any atom is -0.508 e. The highest BCUT2D eigenvalue weighted by Crippen LogP contribution is 2.40. The number of phenolic OH excluding ortho intramolecular Hbond substituents is 1. The third-order valence-corrected chi connectivity index (χ3v) is 4.39. The molecular formula is C19H14O4. The SMILES string of the molecule is O=C1c2c(-c3ccc(O)cc3)ccc3cccc(c23)C(O)C1O. The zero-order valence-electron chi connectivity index (χ0n) is 12.1. The van der Waals surface area contributed by atoms with Crippen LogP contribution < -0.4 is 0 Å². The predicted molar refractivity (Wildman–Crippen MR) is 86.3 cm³/mol. The van der Waals surface area contributed by atoms with Crippen molar-refractivity contribution in [1.82, 2.24) is 0 Å². The molecule has 1 aliphatic rings. The number of rotatable bonds is 1. The molecule has 0 aromatic heterocycles. The molecule has 114 valence electrons. The number of hydrogen-bond donors (Lipinski definition) is 3. The second-order valence-corrected chi connectivity index (χ2v) is 5.73. The summed E-state index contributed by atoms with van der Waals surface area (Å²) in [7, 11) is 0. The monoisotopic (exact) mass is 306 g/mol. The number of aliphatic hydroxyl groups is 2. The lowest BCUT2D eigenvalue weighted by Gasteiger charge is -2.27. The van der Waals surface area contributed by atoms with E-state index in [0.717, 1.165) is 10.9 Å². The Morgan fingerprint density at radius 2 is 1.57 bits per heavy atom. The second kappa shape index (κ2) is 4.91. The lowest BCUT2D eigenvalue weighted by atomic mass is 9.80. The van der Waals surface area contributed by atoms with Crippen LogP contribution >= 0.6 is 0 Å². The molecule has 0 saturated heterocycles. The van der Waals surface area contributed by atoms with Crippen LogP contribution in [-0.4, -0.2) is 27.2 Å². The first-order valence-electron chi connectivity index (χ1n) is 7.33. The largest absolute Gasteiger partial charge is 0.508 e. The first-order chi connectivity index (χ1) is 11.1. The Morgan fingerprint density at radius 3 is 2.30 bits per heavy atom. The van der Waals surface area contributed by atoms with E-state index >= 15 is 0 Å². The van der Waals surface area contributed by atoms with Crippen LogP contribution in [-0.2, 0) is 0 Å². The molecule has 4 heteroatoms. The Labute approximate surface area is 132 Å². The molecule has 4 nitrogen and oxygen atoms in total. The Morgan fingerprint density at radius 1 is 0.826 bits per heavy atom. The van der Waals surface area contributed by atoms with Crippen LogP contribution in [0.25, 0.3) is 21.9 Å². The molecule has 2 unspecified atom stereocenters. The molecule has 0 heterocycles. The lowest BCUT2D eigenvalue weighted by molar-refractivity contribution is 0.0193. The molecule has 2 atom stereocenters. The van der Waals surface area contributed by atoms with E-state index in [2.05, 4.69) is 0 Å². The van der Waals surface area contributed by atoms with Crippen LogP contribution in [0.2, 0.25) is 0 Å². The summed E-state index contributed by atoms with van der Waals surface area (Å²) in [4.78, 5) is 12.6. The number of aliphatic hydroxyl groups excluding tert-OH is 2. The van der Waals surface area contributed by atoms with Crippen LogP contribution in [0, 0.1) is 0 Å². The molecule has 0 bridgehead atoms. The number of Topliss-reactive ketones (excluding diaryl/α,β-unsaturated/α-hetero) is 1. The van der Waals surface area contributed by atoms with Crippen LogP contribution in [0.5, 0.6) is 5.75 Å². The summed E-state index contributed by atoms with van der Waals surface area (Å²) in [5.41, 5.74) is 2.43. The van der Waals surface area contributed by atoms with Gasteiger partial charge in [0.15, 0.2) is 5.78 Å². The van der Waals surface area contributed by atoms with Gasteiger partial charge in [-0.25, -0.2) is 0 Å². The van der Waals surface area contributed by atoms with E-state index < -0.39 is 18.0 Å². The summed E-state index contributed by atoms with van der Waals surface area (Å²) in [5, 5.41) is 31.3. The summed E-state index contributed by atoms with van der Waals surface area (Å²) in [6, 6.07) is 15.7. The molecule has 0 aliphatic heterocycles. The Balaban J connectivity index is 2.09. The number of aromatic hydroxyl groups is 1. The van der Waals surface area contributed by atoms with E-state index in [-0.39, 0.29) is 5.75 Å². The third kappa shape index (κ3) is 1.96. The molecule has 0 amide bonds. The quantitative estimate of drug-likeness (QED) is 0.646. The molecule has 4 rings (SSSR count). The summed E-state index contributed by atoms with van der Waals surface area (Å²) in [6.45, 7) is 0. The Bertz CT molecular complexity index is 928. The molecule has 3 N–H and O–H groups in total. The zero-order valence-corrected chi connectivity index (χ0v) is 12.1. The molecule has 3 aromatic rings. The summed E-state index contributed by atoms with van der Waals surface area (Å²) >= 11 is 0. The first-order valence-corrected chi connectivity index (χ1v) is 7.33. The molecule has 1 aliphatic carbocycles. The van der Waals surface area contributed by atoms with Gasteiger partial charge in [-0.05, 0) is 39.6 Å². The normalized spacial score (nSPS) is 20.0. The Hall–Kier alpha value is -2.69. The zero-order chi connectivity index (χ0) is 16.1. The molecule has 3 aromatic carbocycles. The van der Waals surface area contributed by atoms with Gasteiger partial charge in [0.2, 0.25) is 0 Å². The standard InChI is InChI=1S/C19H14O4/c20-12-7-4-10(5-8-12)13-9-6-11-2-1-3-14-15(11)16(13)18(22)19(23)17(14)21/h1-9,17,19-21,23H. The summed E-state index contributed by atoms with van der Waals surface area (Å²) in [6.07, 6.45) is -2.68. The van der Waals surface area contributed by atoms with Crippen LogP contribution in [0.1, 0.15) is 22.0 Å². The number of benzene rings is 3. The van der Waals surface area contributed by atoms with Gasteiger partial charge in [-0.15, -0.1) is 0 Å². The summed E-state index contributed by atoms with van der Waals surface area (Å²) in [5.74, 6) is -0.337. The number of carbonyl (C=O) groups excluding carboxylic acids is 1. The molecular weight excluding hydrogens is 292 g/mol. The van der Waals surface area contributed by atoms with Gasteiger partial charge in [-0.1, -0.05) is 42.5 Å². The van der Waals surface area contributed by atoms with Gasteiger partial charge in [-0.2, -0.15) is 0 Å². The summed E-state index contributed by atoms with van der Waals surface area (Å²) < 4.78 is 0. The van der Waals surface area contributed by atoms with E-state index in [1.807, 2.05) is 18.2 Å². The number of ketones is 1. The van der Waals surface area contributed by atoms with E-state index in [0.29, 0.717) is 22.1 Å². The first kappa shape index (κ1) is 13.9. The maximum atomic E-state index is 12.6. The van der Waals surface area contributed by atoms with Crippen LogP contribution in [0.4, 0.5) is 0 Å². The number of phenols is 1. The lowest BCUT2D eigenvalue weighted by Crippen LogP contribution is -2.32. The van der Waals surface area contributed by atoms with Gasteiger partial charge in [0.05, 0.1) is 0 Å². The molecule has 0 fully saturated rings. The van der Waals surface area contributed by atoms with Gasteiger partial charge in [0.1, 0.15) is 18.0 Å². The van der Waals surface area contributed by atoms with Crippen LogP contribution in [0.3, 0.4) is 0 Å². The number of carbonyl (C=O) groups is 1. The fraction of sp³-hybridized carbons (Fsp3) is 0.105. The van der Waals surface area contributed by atoms with Crippen molar-refractivity contribution in [3.05, 3.63) is 65.7 Å². The molecule has 0 saturated carbocycles. The highest BCUT2D eigenvalue weighted by atomic mass is 16.3. The maximum Gasteiger partial charge on any atom is 0.195 e. The highest BCUT2D eigenvalue weighted by Gasteiger charge is 2.36. The third-order valence-electron chi connectivity index (χ3n) is 4.39. The van der Waals surface area contributed by atoms with Crippen molar-refractivity contribution in [3.63, 3.8) is 0 Å². The smallest absolute Gasteiger partial charge is 0.195 e. The van der Waals surface area contributed by atoms with Crippen LogP contribution in [0.15, 0.2) is 54.6 Å². The van der Waals surface area contributed by atoms with Crippen molar-refractivity contribution in [1.29, 1.82) is 0 Å². The van der Waals surface area contributed by atoms with Crippen molar-refractivity contribution in [3.8, 4) is 16.9 Å². The number of hydrogen-bond acceptors (Lipinski definition) is 4. The van der Waals surface area contributed by atoms with Crippen molar-refractivity contribution in [2.24, 2.45) is 0 Å². The van der Waals surface area contributed by atoms with Gasteiger partial charge >= 0.3 is 0 Å². The van der Waals surface area contributed by atoms with Gasteiger partial charge in [0.25, 0.3) is 0 Å². The van der Waals surface area contributed by atoms with Crippen molar-refractivity contribution < 1.29 is 20.1 Å². The average molecular weight is 306 g/mol. The molecule has 0 radical (unpaired) electrons. The van der Waals surface area contributed by atoms with Gasteiger partial charge in [0, 0.05) is 5.56 Å². The highest BCUT2D eigenvalue weighted by molar-refractivity contribution is 6.18. The second-order valence-electron chi connectivity index (χ2n) is 5.73. The maximum absolute atomic E-state index is 12.6. The fourth-order valence-electron chi connectivity index (χ4n) is 3.25. The van der Waals surface area contributed by atoms with Gasteiger partial charge < -0.3 is 15.3 Å². The predicted octanol–water partition coefficient (Wildman–Crippen LogP) is 2.80. The average Bonchev–Trinajstić information content (AvgIpc) is 2.58.